The van der Waals surface area contributed by atoms with Gasteiger partial charge in [-0.1, -0.05) is 15.9 Å². The maximum Gasteiger partial charge on any atom is 0.320 e. The highest BCUT2D eigenvalue weighted by Gasteiger charge is 2.16. The summed E-state index contributed by atoms with van der Waals surface area (Å²) in [7, 11) is 0. The quantitative estimate of drug-likeness (QED) is 0.828. The van der Waals surface area contributed by atoms with Crippen LogP contribution in [0.1, 0.15) is 5.56 Å². The third-order valence-electron chi connectivity index (χ3n) is 1.85. The van der Waals surface area contributed by atoms with Gasteiger partial charge in [-0.3, -0.25) is 4.79 Å². The number of carbonyl (C=O) groups is 1. The summed E-state index contributed by atoms with van der Waals surface area (Å²) < 4.78 is 25.8. The zero-order valence-corrected chi connectivity index (χ0v) is 9.09. The van der Waals surface area contributed by atoms with Crippen molar-refractivity contribution in [2.75, 3.05) is 0 Å². The maximum absolute atomic E-state index is 12.8. The van der Waals surface area contributed by atoms with E-state index in [2.05, 4.69) is 15.9 Å². The molecule has 0 radical (unpaired) electrons. The molecule has 0 aliphatic rings. The van der Waals surface area contributed by atoms with Gasteiger partial charge < -0.3 is 10.8 Å². The van der Waals surface area contributed by atoms with Crippen LogP contribution < -0.4 is 5.73 Å². The molecule has 0 aromatic heterocycles. The van der Waals surface area contributed by atoms with Crippen LogP contribution in [0.5, 0.6) is 0 Å². The average molecular weight is 280 g/mol. The van der Waals surface area contributed by atoms with E-state index < -0.39 is 23.6 Å². The highest BCUT2D eigenvalue weighted by molar-refractivity contribution is 9.10. The Morgan fingerprint density at radius 1 is 1.47 bits per heavy atom. The van der Waals surface area contributed by atoms with Gasteiger partial charge in [0.25, 0.3) is 0 Å². The largest absolute Gasteiger partial charge is 0.480 e. The molecule has 0 amide bonds. The number of aliphatic carboxylic acids is 1. The molecule has 0 spiro atoms. The molecule has 0 bridgehead atoms. The van der Waals surface area contributed by atoms with Crippen molar-refractivity contribution in [2.45, 2.75) is 12.5 Å². The van der Waals surface area contributed by atoms with Gasteiger partial charge in [-0.2, -0.15) is 0 Å². The molecule has 0 aliphatic carbocycles. The van der Waals surface area contributed by atoms with Crippen molar-refractivity contribution in [3.05, 3.63) is 33.8 Å². The van der Waals surface area contributed by atoms with Gasteiger partial charge in [0.05, 0.1) is 0 Å². The second-order valence-electron chi connectivity index (χ2n) is 3.01. The van der Waals surface area contributed by atoms with Crippen molar-refractivity contribution < 1.29 is 18.7 Å². The number of benzene rings is 1. The fourth-order valence-electron chi connectivity index (χ4n) is 1.04. The summed E-state index contributed by atoms with van der Waals surface area (Å²) in [5.74, 6) is -3.20. The van der Waals surface area contributed by atoms with E-state index in [0.717, 1.165) is 12.1 Å². The molecule has 0 saturated heterocycles. The standard InChI is InChI=1S/C9H8BrF2NO2/c10-5-3-7(12)6(11)1-4(5)2-8(13)9(14)15/h1,3,8H,2,13H2,(H,14,15)/t8-/m0/s1. The van der Waals surface area contributed by atoms with Crippen molar-refractivity contribution in [3.8, 4) is 0 Å². The molecule has 3 nitrogen and oxygen atoms in total. The lowest BCUT2D eigenvalue weighted by molar-refractivity contribution is -0.138. The minimum Gasteiger partial charge on any atom is -0.480 e. The van der Waals surface area contributed by atoms with E-state index in [0.29, 0.717) is 10.0 Å². The first-order valence-corrected chi connectivity index (χ1v) is 4.83. The Morgan fingerprint density at radius 3 is 2.53 bits per heavy atom. The first-order chi connectivity index (χ1) is 6.91. The fourth-order valence-corrected chi connectivity index (χ4v) is 1.52. The van der Waals surface area contributed by atoms with Crippen molar-refractivity contribution in [1.82, 2.24) is 0 Å². The lowest BCUT2D eigenvalue weighted by Gasteiger charge is -2.08. The third-order valence-corrected chi connectivity index (χ3v) is 2.58. The van der Waals surface area contributed by atoms with Gasteiger partial charge >= 0.3 is 5.97 Å². The molecule has 1 aromatic carbocycles. The topological polar surface area (TPSA) is 63.3 Å². The van der Waals surface area contributed by atoms with Gasteiger partial charge in [0, 0.05) is 4.47 Å². The molecule has 0 saturated carbocycles. The van der Waals surface area contributed by atoms with Crippen molar-refractivity contribution in [3.63, 3.8) is 0 Å². The Labute approximate surface area is 93.0 Å². The van der Waals surface area contributed by atoms with E-state index in [1.54, 1.807) is 0 Å². The van der Waals surface area contributed by atoms with Crippen LogP contribution in [-0.4, -0.2) is 17.1 Å². The SMILES string of the molecule is N[C@@H](Cc1cc(F)c(F)cc1Br)C(=O)O. The summed E-state index contributed by atoms with van der Waals surface area (Å²) >= 11 is 3.00. The molecule has 0 aliphatic heterocycles. The second kappa shape index (κ2) is 4.67. The first kappa shape index (κ1) is 12.1. The Bertz CT molecular complexity index is 398. The lowest BCUT2D eigenvalue weighted by Crippen LogP contribution is -2.32. The highest BCUT2D eigenvalue weighted by Crippen LogP contribution is 2.21. The lowest BCUT2D eigenvalue weighted by atomic mass is 10.1. The number of rotatable bonds is 3. The first-order valence-electron chi connectivity index (χ1n) is 4.03. The van der Waals surface area contributed by atoms with Crippen LogP contribution in [0.3, 0.4) is 0 Å². The Balaban J connectivity index is 2.95. The number of carboxylic acid groups (broad SMARTS) is 1. The van der Waals surface area contributed by atoms with Crippen LogP contribution >= 0.6 is 15.9 Å². The molecular formula is C9H8BrF2NO2. The van der Waals surface area contributed by atoms with E-state index in [4.69, 9.17) is 10.8 Å². The summed E-state index contributed by atoms with van der Waals surface area (Å²) in [6.07, 6.45) is -0.0624. The van der Waals surface area contributed by atoms with Crippen molar-refractivity contribution >= 4 is 21.9 Å². The maximum atomic E-state index is 12.8. The van der Waals surface area contributed by atoms with Gasteiger partial charge in [-0.05, 0) is 24.1 Å². The van der Waals surface area contributed by atoms with Crippen LogP contribution in [0.15, 0.2) is 16.6 Å². The smallest absolute Gasteiger partial charge is 0.320 e. The highest BCUT2D eigenvalue weighted by atomic mass is 79.9. The third kappa shape index (κ3) is 2.97. The summed E-state index contributed by atoms with van der Waals surface area (Å²) in [5.41, 5.74) is 5.59. The Kier molecular flexibility index (Phi) is 3.76. The molecule has 15 heavy (non-hydrogen) atoms. The molecule has 82 valence electrons. The van der Waals surface area contributed by atoms with E-state index in [1.165, 1.54) is 0 Å². The number of hydrogen-bond donors (Lipinski definition) is 2. The monoisotopic (exact) mass is 279 g/mol. The summed E-state index contributed by atoms with van der Waals surface area (Å²) in [6, 6.07) is 0.743. The minimum absolute atomic E-state index is 0.0624. The molecular weight excluding hydrogens is 272 g/mol. The van der Waals surface area contributed by atoms with Gasteiger partial charge in [0.2, 0.25) is 0 Å². The molecule has 1 rings (SSSR count). The zero-order chi connectivity index (χ0) is 11.6. The van der Waals surface area contributed by atoms with Gasteiger partial charge in [-0.15, -0.1) is 0 Å². The normalized spacial score (nSPS) is 12.5. The van der Waals surface area contributed by atoms with Gasteiger partial charge in [-0.25, -0.2) is 8.78 Å². The van der Waals surface area contributed by atoms with Crippen LogP contribution in [0.25, 0.3) is 0 Å². The molecule has 0 heterocycles. The second-order valence-corrected chi connectivity index (χ2v) is 3.86. The molecule has 0 unspecified atom stereocenters. The van der Waals surface area contributed by atoms with Crippen LogP contribution in [0.2, 0.25) is 0 Å². The summed E-state index contributed by atoms with van der Waals surface area (Å²) in [4.78, 5) is 10.5. The fraction of sp³-hybridized carbons (Fsp3) is 0.222. The number of carboxylic acids is 1. The predicted octanol–water partition coefficient (Wildman–Crippen LogP) is 1.68. The zero-order valence-electron chi connectivity index (χ0n) is 7.51. The summed E-state index contributed by atoms with van der Waals surface area (Å²) in [5, 5.41) is 8.55. The van der Waals surface area contributed by atoms with E-state index in [1.807, 2.05) is 0 Å². The van der Waals surface area contributed by atoms with Crippen LogP contribution in [0, 0.1) is 11.6 Å². The molecule has 6 heteroatoms. The van der Waals surface area contributed by atoms with E-state index in [-0.39, 0.29) is 6.42 Å². The Morgan fingerprint density at radius 2 is 2.00 bits per heavy atom. The number of hydrogen-bond acceptors (Lipinski definition) is 2. The van der Waals surface area contributed by atoms with Crippen LogP contribution in [0.4, 0.5) is 8.78 Å². The number of halogens is 3. The van der Waals surface area contributed by atoms with Crippen LogP contribution in [-0.2, 0) is 11.2 Å². The van der Waals surface area contributed by atoms with E-state index >= 15 is 0 Å². The summed E-state index contributed by atoms with van der Waals surface area (Å²) in [6.45, 7) is 0. The number of nitrogens with two attached hydrogens (primary N) is 1. The van der Waals surface area contributed by atoms with E-state index in [9.17, 15) is 13.6 Å². The van der Waals surface area contributed by atoms with Crippen molar-refractivity contribution in [1.29, 1.82) is 0 Å². The molecule has 3 N–H and O–H groups in total. The Hall–Kier alpha value is -1.01. The molecule has 1 aromatic rings. The minimum atomic E-state index is -1.19. The molecule has 0 fully saturated rings. The van der Waals surface area contributed by atoms with Gasteiger partial charge in [0.15, 0.2) is 11.6 Å². The van der Waals surface area contributed by atoms with Gasteiger partial charge in [0.1, 0.15) is 6.04 Å². The average Bonchev–Trinajstić information content (AvgIpc) is 2.13. The van der Waals surface area contributed by atoms with Crippen molar-refractivity contribution in [2.24, 2.45) is 5.73 Å². The molecule has 1 atom stereocenters. The predicted molar refractivity (Wildman–Crippen MR) is 53.4 cm³/mol.